The van der Waals surface area contributed by atoms with E-state index in [4.69, 9.17) is 9.47 Å². The molecule has 0 amide bonds. The van der Waals surface area contributed by atoms with Crippen LogP contribution in [0.5, 0.6) is 11.5 Å². The van der Waals surface area contributed by atoms with Gasteiger partial charge in [0.05, 0.1) is 8.95 Å². The van der Waals surface area contributed by atoms with Crippen LogP contribution < -0.4 is 9.47 Å². The molecule has 0 atom stereocenters. The summed E-state index contributed by atoms with van der Waals surface area (Å²) < 4.78 is 12.8. The van der Waals surface area contributed by atoms with Crippen LogP contribution >= 0.6 is 31.9 Å². The molecule has 4 aromatic rings. The largest absolute Gasteiger partial charge is 0.488 e. The molecule has 186 valence electrons. The van der Waals surface area contributed by atoms with E-state index in [-0.39, 0.29) is 13.2 Å². The third-order valence-electron chi connectivity index (χ3n) is 4.94. The van der Waals surface area contributed by atoms with Crippen LogP contribution in [-0.2, 0) is 13.2 Å². The first-order valence-electron chi connectivity index (χ1n) is 10.9. The number of hydrogen-bond acceptors (Lipinski definition) is 4. The number of ether oxygens (including phenoxy) is 2. The second-order valence-electron chi connectivity index (χ2n) is 7.50. The van der Waals surface area contributed by atoms with E-state index in [2.05, 4.69) is 31.9 Å². The van der Waals surface area contributed by atoms with E-state index in [1.165, 1.54) is 0 Å². The van der Waals surface area contributed by atoms with Gasteiger partial charge in [0.25, 0.3) is 0 Å². The van der Waals surface area contributed by atoms with Crippen LogP contribution in [0.2, 0.25) is 0 Å². The van der Waals surface area contributed by atoms with Gasteiger partial charge in [0, 0.05) is 11.1 Å². The Balaban J connectivity index is 0.000000247. The van der Waals surface area contributed by atoms with E-state index in [9.17, 15) is 9.59 Å². The number of carbonyl (C=O) groups excluding carboxylic acids is 2. The molecule has 0 saturated carbocycles. The van der Waals surface area contributed by atoms with Crippen molar-refractivity contribution in [2.45, 2.75) is 27.6 Å². The summed E-state index contributed by atoms with van der Waals surface area (Å²) >= 11 is 6.77. The molecule has 0 aromatic heterocycles. The van der Waals surface area contributed by atoms with Gasteiger partial charge in [-0.1, -0.05) is 92.4 Å². The van der Waals surface area contributed by atoms with Crippen molar-refractivity contribution in [1.29, 1.82) is 0 Å². The molecular formula is C30H28Br2O4. The van der Waals surface area contributed by atoms with E-state index in [1.54, 1.807) is 25.1 Å². The van der Waals surface area contributed by atoms with Crippen molar-refractivity contribution < 1.29 is 19.1 Å². The average Bonchev–Trinajstić information content (AvgIpc) is 2.89. The zero-order valence-corrected chi connectivity index (χ0v) is 22.3. The highest BCUT2D eigenvalue weighted by Gasteiger charge is 2.10. The first kappa shape index (κ1) is 29.0. The van der Waals surface area contributed by atoms with Gasteiger partial charge in [0.1, 0.15) is 24.7 Å². The first-order chi connectivity index (χ1) is 17.0. The molecular weight excluding hydrogens is 584 g/mol. The number of halogens is 2. The predicted octanol–water partition coefficient (Wildman–Crippen LogP) is 8.71. The minimum Gasteiger partial charge on any atom is -0.488 e. The Morgan fingerprint density at radius 2 is 1.17 bits per heavy atom. The predicted molar refractivity (Wildman–Crippen MR) is 152 cm³/mol. The minimum absolute atomic E-state index is 0. The van der Waals surface area contributed by atoms with Gasteiger partial charge < -0.3 is 9.47 Å². The highest BCUT2D eigenvalue weighted by atomic mass is 79.9. The smallest absolute Gasteiger partial charge is 0.161 e. The molecule has 6 heteroatoms. The molecule has 4 rings (SSSR count). The maximum atomic E-state index is 11.4. The molecule has 0 heterocycles. The van der Waals surface area contributed by atoms with Crippen molar-refractivity contribution in [2.24, 2.45) is 0 Å². The highest BCUT2D eigenvalue weighted by molar-refractivity contribution is 9.11. The van der Waals surface area contributed by atoms with E-state index < -0.39 is 0 Å². The fourth-order valence-corrected chi connectivity index (χ4v) is 4.23. The molecule has 0 spiro atoms. The van der Waals surface area contributed by atoms with Crippen molar-refractivity contribution in [1.82, 2.24) is 0 Å². The summed E-state index contributed by atoms with van der Waals surface area (Å²) in [5.74, 6) is 1.39. The van der Waals surface area contributed by atoms with Crippen LogP contribution in [0.25, 0.3) is 0 Å². The Kier molecular flexibility index (Phi) is 12.1. The number of Topliss-reactive ketones (excluding diaryl/α,β-unsaturated/α-hetero) is 1. The molecule has 0 unspecified atom stereocenters. The SMILES string of the molecule is C.CC(=O)c1cccc(OCc2ccccc2)c1Br.O=Cc1cccc(OCc2ccccc2)c1Br. The highest BCUT2D eigenvalue weighted by Crippen LogP contribution is 2.30. The van der Waals surface area contributed by atoms with Gasteiger partial charge in [-0.2, -0.15) is 0 Å². The molecule has 4 aromatic carbocycles. The molecule has 0 aliphatic rings. The van der Waals surface area contributed by atoms with Gasteiger partial charge in [-0.3, -0.25) is 9.59 Å². The normalized spacial score (nSPS) is 9.75. The number of benzene rings is 4. The van der Waals surface area contributed by atoms with E-state index >= 15 is 0 Å². The van der Waals surface area contributed by atoms with Crippen molar-refractivity contribution >= 4 is 43.9 Å². The summed E-state index contributed by atoms with van der Waals surface area (Å²) in [6, 6.07) is 30.6. The molecule has 0 N–H and O–H groups in total. The Bertz CT molecular complexity index is 1260. The molecule has 0 saturated heterocycles. The van der Waals surface area contributed by atoms with Crippen LogP contribution in [0.3, 0.4) is 0 Å². The zero-order valence-electron chi connectivity index (χ0n) is 19.1. The third kappa shape index (κ3) is 8.47. The summed E-state index contributed by atoms with van der Waals surface area (Å²) in [4.78, 5) is 22.2. The van der Waals surface area contributed by atoms with Crippen LogP contribution in [0, 0.1) is 0 Å². The molecule has 0 bridgehead atoms. The van der Waals surface area contributed by atoms with Crippen LogP contribution in [0.15, 0.2) is 106 Å². The lowest BCUT2D eigenvalue weighted by Gasteiger charge is -2.10. The van der Waals surface area contributed by atoms with Crippen molar-refractivity contribution in [2.75, 3.05) is 0 Å². The van der Waals surface area contributed by atoms with E-state index in [0.717, 1.165) is 17.4 Å². The van der Waals surface area contributed by atoms with E-state index in [1.807, 2.05) is 78.9 Å². The second-order valence-corrected chi connectivity index (χ2v) is 9.09. The zero-order chi connectivity index (χ0) is 25.0. The van der Waals surface area contributed by atoms with Gasteiger partial charge in [-0.25, -0.2) is 0 Å². The quantitative estimate of drug-likeness (QED) is 0.148. The van der Waals surface area contributed by atoms with Gasteiger partial charge in [0.15, 0.2) is 12.1 Å². The monoisotopic (exact) mass is 610 g/mol. The lowest BCUT2D eigenvalue weighted by molar-refractivity contribution is 0.101. The molecule has 0 fully saturated rings. The molecule has 0 aliphatic heterocycles. The number of aldehydes is 1. The summed E-state index contributed by atoms with van der Waals surface area (Å²) in [5, 5.41) is 0. The number of carbonyl (C=O) groups is 2. The first-order valence-corrected chi connectivity index (χ1v) is 12.4. The van der Waals surface area contributed by atoms with Crippen LogP contribution in [-0.4, -0.2) is 12.1 Å². The van der Waals surface area contributed by atoms with Gasteiger partial charge in [-0.05, 0) is 62.0 Å². The topological polar surface area (TPSA) is 52.6 Å². The number of hydrogen-bond donors (Lipinski definition) is 0. The average molecular weight is 612 g/mol. The maximum Gasteiger partial charge on any atom is 0.161 e. The van der Waals surface area contributed by atoms with Crippen molar-refractivity contribution in [3.63, 3.8) is 0 Å². The third-order valence-corrected chi connectivity index (χ3v) is 6.60. The van der Waals surface area contributed by atoms with Crippen LogP contribution in [0.4, 0.5) is 0 Å². The second kappa shape index (κ2) is 15.0. The summed E-state index contributed by atoms with van der Waals surface area (Å²) in [5.41, 5.74) is 3.42. The number of ketones is 1. The molecule has 0 aliphatic carbocycles. The minimum atomic E-state index is 0. The van der Waals surface area contributed by atoms with E-state index in [0.29, 0.717) is 44.8 Å². The molecule has 4 nitrogen and oxygen atoms in total. The van der Waals surface area contributed by atoms with Gasteiger partial charge in [0.2, 0.25) is 0 Å². The van der Waals surface area contributed by atoms with Crippen molar-refractivity contribution in [3.05, 3.63) is 128 Å². The Morgan fingerprint density at radius 3 is 1.64 bits per heavy atom. The lowest BCUT2D eigenvalue weighted by Crippen LogP contribution is -1.99. The standard InChI is InChI=1S/C15H13BrO2.C14H11BrO2.CH4/c1-11(17)13-8-5-9-14(15(13)16)18-10-12-6-3-2-4-7-12;15-14-12(9-16)7-4-8-13(14)17-10-11-5-2-1-3-6-11;/h2-9H,10H2,1H3;1-9H,10H2;1H4. The lowest BCUT2D eigenvalue weighted by atomic mass is 10.1. The molecule has 0 radical (unpaired) electrons. The molecule has 36 heavy (non-hydrogen) atoms. The summed E-state index contributed by atoms with van der Waals surface area (Å²) in [6.07, 6.45) is 0.805. The van der Waals surface area contributed by atoms with Gasteiger partial charge in [-0.15, -0.1) is 0 Å². The fourth-order valence-electron chi connectivity index (χ4n) is 3.10. The Labute approximate surface area is 229 Å². The van der Waals surface area contributed by atoms with Crippen molar-refractivity contribution in [3.8, 4) is 11.5 Å². The Morgan fingerprint density at radius 1 is 0.694 bits per heavy atom. The number of rotatable bonds is 8. The summed E-state index contributed by atoms with van der Waals surface area (Å²) in [7, 11) is 0. The van der Waals surface area contributed by atoms with Gasteiger partial charge >= 0.3 is 0 Å². The maximum absolute atomic E-state index is 11.4. The Hall–Kier alpha value is -3.22. The fraction of sp³-hybridized carbons (Fsp3) is 0.133. The van der Waals surface area contributed by atoms with Crippen LogP contribution in [0.1, 0.15) is 46.2 Å². The summed E-state index contributed by atoms with van der Waals surface area (Å²) in [6.45, 7) is 2.52.